The first-order valence-corrected chi connectivity index (χ1v) is 6.81. The zero-order valence-corrected chi connectivity index (χ0v) is 14.1. The van der Waals surface area contributed by atoms with Crippen LogP contribution in [0.25, 0.3) is 0 Å². The molecule has 1 aromatic rings. The molecule has 0 aliphatic rings. The highest BCUT2D eigenvalue weighted by molar-refractivity contribution is 6.42. The van der Waals surface area contributed by atoms with Crippen molar-refractivity contribution in [3.05, 3.63) is 33.8 Å². The van der Waals surface area contributed by atoms with Crippen LogP contribution in [0.1, 0.15) is 17.3 Å². The second-order valence-electron chi connectivity index (χ2n) is 4.40. The zero-order chi connectivity index (χ0) is 15.3. The molecule has 21 heavy (non-hydrogen) atoms. The Kier molecular flexibility index (Phi) is 8.66. The lowest BCUT2D eigenvalue weighted by molar-refractivity contribution is -0.130. The predicted octanol–water partition coefficient (Wildman–Crippen LogP) is 1.95. The fraction of sp³-hybridized carbons (Fsp3) is 0.385. The molecule has 1 atom stereocenters. The van der Waals surface area contributed by atoms with Crippen LogP contribution in [0.5, 0.6) is 0 Å². The molecule has 0 aliphatic heterocycles. The first-order chi connectivity index (χ1) is 9.36. The van der Waals surface area contributed by atoms with Gasteiger partial charge in [0.15, 0.2) is 0 Å². The molecule has 1 unspecified atom stereocenters. The molecule has 0 bridgehead atoms. The van der Waals surface area contributed by atoms with Gasteiger partial charge < -0.3 is 16.0 Å². The van der Waals surface area contributed by atoms with Crippen molar-refractivity contribution in [2.45, 2.75) is 13.0 Å². The van der Waals surface area contributed by atoms with Crippen molar-refractivity contribution in [2.24, 2.45) is 5.73 Å². The van der Waals surface area contributed by atoms with E-state index in [4.69, 9.17) is 28.9 Å². The molecule has 3 N–H and O–H groups in total. The van der Waals surface area contributed by atoms with E-state index in [0.717, 1.165) is 0 Å². The molecule has 0 spiro atoms. The minimum Gasteiger partial charge on any atom is -0.343 e. The number of nitrogens with two attached hydrogens (primary N) is 1. The van der Waals surface area contributed by atoms with Gasteiger partial charge in [0, 0.05) is 25.2 Å². The summed E-state index contributed by atoms with van der Waals surface area (Å²) in [7, 11) is 1.64. The second kappa shape index (κ2) is 9.10. The van der Waals surface area contributed by atoms with Crippen LogP contribution in [0.3, 0.4) is 0 Å². The Morgan fingerprint density at radius 3 is 2.48 bits per heavy atom. The first kappa shape index (κ1) is 20.0. The van der Waals surface area contributed by atoms with Crippen molar-refractivity contribution in [1.29, 1.82) is 0 Å². The van der Waals surface area contributed by atoms with E-state index in [1.807, 2.05) is 6.92 Å². The number of benzene rings is 1. The maximum absolute atomic E-state index is 11.9. The van der Waals surface area contributed by atoms with Gasteiger partial charge in [-0.05, 0) is 25.1 Å². The van der Waals surface area contributed by atoms with Gasteiger partial charge >= 0.3 is 0 Å². The van der Waals surface area contributed by atoms with Gasteiger partial charge in [-0.25, -0.2) is 0 Å². The maximum Gasteiger partial charge on any atom is 0.251 e. The SMILES string of the molecule is CC(CN)N(C)C(=O)CNC(=O)c1ccc(Cl)c(Cl)c1.Cl. The molecule has 0 saturated carbocycles. The zero-order valence-electron chi connectivity index (χ0n) is 11.7. The van der Waals surface area contributed by atoms with E-state index >= 15 is 0 Å². The second-order valence-corrected chi connectivity index (χ2v) is 5.22. The van der Waals surface area contributed by atoms with E-state index in [0.29, 0.717) is 22.2 Å². The topological polar surface area (TPSA) is 75.4 Å². The Balaban J connectivity index is 0.00000400. The summed E-state index contributed by atoms with van der Waals surface area (Å²) in [6, 6.07) is 4.45. The number of halogens is 3. The lowest BCUT2D eigenvalue weighted by Crippen LogP contribution is -2.44. The van der Waals surface area contributed by atoms with Gasteiger partial charge in [-0.1, -0.05) is 23.2 Å². The van der Waals surface area contributed by atoms with Gasteiger partial charge in [0.1, 0.15) is 0 Å². The van der Waals surface area contributed by atoms with Crippen molar-refractivity contribution in [3.8, 4) is 0 Å². The highest BCUT2D eigenvalue weighted by Gasteiger charge is 2.15. The standard InChI is InChI=1S/C13H17Cl2N3O2.ClH/c1-8(6-16)18(2)12(19)7-17-13(20)9-3-4-10(14)11(15)5-9;/h3-5,8H,6-7,16H2,1-2H3,(H,17,20);1H. The molecule has 1 rings (SSSR count). The summed E-state index contributed by atoms with van der Waals surface area (Å²) < 4.78 is 0. The predicted molar refractivity (Wildman–Crippen MR) is 87.3 cm³/mol. The number of carbonyl (C=O) groups excluding carboxylic acids is 2. The van der Waals surface area contributed by atoms with Crippen molar-refractivity contribution in [3.63, 3.8) is 0 Å². The molecule has 0 aliphatic carbocycles. The summed E-state index contributed by atoms with van der Waals surface area (Å²) in [5.74, 6) is -0.595. The minimum atomic E-state index is -0.384. The molecule has 2 amide bonds. The number of hydrogen-bond donors (Lipinski definition) is 2. The van der Waals surface area contributed by atoms with E-state index in [1.165, 1.54) is 17.0 Å². The highest BCUT2D eigenvalue weighted by Crippen LogP contribution is 2.22. The minimum absolute atomic E-state index is 0. The lowest BCUT2D eigenvalue weighted by atomic mass is 10.2. The largest absolute Gasteiger partial charge is 0.343 e. The number of nitrogens with zero attached hydrogens (tertiary/aromatic N) is 1. The van der Waals surface area contributed by atoms with Gasteiger partial charge in [0.2, 0.25) is 5.91 Å². The third-order valence-electron chi connectivity index (χ3n) is 2.98. The van der Waals surface area contributed by atoms with E-state index in [2.05, 4.69) is 5.32 Å². The molecule has 8 heteroatoms. The number of nitrogens with one attached hydrogen (secondary N) is 1. The normalized spacial score (nSPS) is 11.3. The lowest BCUT2D eigenvalue weighted by Gasteiger charge is -2.23. The molecule has 0 heterocycles. The van der Waals surface area contributed by atoms with Crippen LogP contribution in [0.4, 0.5) is 0 Å². The molecular weight excluding hydrogens is 337 g/mol. The summed E-state index contributed by atoms with van der Waals surface area (Å²) >= 11 is 11.6. The Hall–Kier alpha value is -1.01. The van der Waals surface area contributed by atoms with Gasteiger partial charge in [0.25, 0.3) is 5.91 Å². The van der Waals surface area contributed by atoms with Gasteiger partial charge in [-0.2, -0.15) is 0 Å². The number of likely N-dealkylation sites (N-methyl/N-ethyl adjacent to an activating group) is 1. The summed E-state index contributed by atoms with van der Waals surface area (Å²) in [6.07, 6.45) is 0. The average Bonchev–Trinajstić information content (AvgIpc) is 2.45. The van der Waals surface area contributed by atoms with Gasteiger partial charge in [-0.3, -0.25) is 9.59 Å². The van der Waals surface area contributed by atoms with Gasteiger partial charge in [0.05, 0.1) is 16.6 Å². The molecule has 1 aromatic carbocycles. The molecule has 0 fully saturated rings. The Morgan fingerprint density at radius 2 is 1.95 bits per heavy atom. The van der Waals surface area contributed by atoms with Gasteiger partial charge in [-0.15, -0.1) is 12.4 Å². The van der Waals surface area contributed by atoms with Crippen molar-refractivity contribution >= 4 is 47.4 Å². The Morgan fingerprint density at radius 1 is 1.33 bits per heavy atom. The van der Waals surface area contributed by atoms with E-state index in [-0.39, 0.29) is 36.8 Å². The van der Waals surface area contributed by atoms with Crippen LogP contribution in [0.15, 0.2) is 18.2 Å². The quantitative estimate of drug-likeness (QED) is 0.848. The van der Waals surface area contributed by atoms with Crippen molar-refractivity contribution < 1.29 is 9.59 Å². The number of rotatable bonds is 5. The molecule has 118 valence electrons. The fourth-order valence-corrected chi connectivity index (χ4v) is 1.72. The van der Waals surface area contributed by atoms with E-state index in [9.17, 15) is 9.59 Å². The van der Waals surface area contributed by atoms with Crippen LogP contribution in [0.2, 0.25) is 10.0 Å². The number of amides is 2. The molecule has 5 nitrogen and oxygen atoms in total. The highest BCUT2D eigenvalue weighted by atomic mass is 35.5. The molecule has 0 aromatic heterocycles. The number of carbonyl (C=O) groups is 2. The average molecular weight is 355 g/mol. The van der Waals surface area contributed by atoms with Crippen LogP contribution in [-0.4, -0.2) is 42.9 Å². The molecule has 0 saturated heterocycles. The molecular formula is C13H18Cl3N3O2. The smallest absolute Gasteiger partial charge is 0.251 e. The summed E-state index contributed by atoms with van der Waals surface area (Å²) in [6.45, 7) is 2.10. The fourth-order valence-electron chi connectivity index (χ4n) is 1.42. The third kappa shape index (κ3) is 5.71. The number of hydrogen-bond acceptors (Lipinski definition) is 3. The monoisotopic (exact) mass is 353 g/mol. The Labute approximate surface area is 140 Å². The summed E-state index contributed by atoms with van der Waals surface area (Å²) in [5.41, 5.74) is 5.83. The van der Waals surface area contributed by atoms with Crippen LogP contribution < -0.4 is 11.1 Å². The van der Waals surface area contributed by atoms with Crippen molar-refractivity contribution in [1.82, 2.24) is 10.2 Å². The third-order valence-corrected chi connectivity index (χ3v) is 3.72. The summed E-state index contributed by atoms with van der Waals surface area (Å²) in [5, 5.41) is 3.19. The van der Waals surface area contributed by atoms with Crippen molar-refractivity contribution in [2.75, 3.05) is 20.1 Å². The van der Waals surface area contributed by atoms with E-state index in [1.54, 1.807) is 13.1 Å². The Bertz CT molecular complexity index is 511. The van der Waals surface area contributed by atoms with Crippen LogP contribution >= 0.6 is 35.6 Å². The molecule has 0 radical (unpaired) electrons. The van der Waals surface area contributed by atoms with E-state index < -0.39 is 0 Å². The maximum atomic E-state index is 11.9. The van der Waals surface area contributed by atoms with Crippen LogP contribution in [-0.2, 0) is 4.79 Å². The van der Waals surface area contributed by atoms with Crippen LogP contribution in [0, 0.1) is 0 Å². The summed E-state index contributed by atoms with van der Waals surface area (Å²) in [4.78, 5) is 25.2. The first-order valence-electron chi connectivity index (χ1n) is 6.05.